The number of carbonyl (C=O) groups excluding carboxylic acids is 1. The maximum absolute atomic E-state index is 14.8. The van der Waals surface area contributed by atoms with Gasteiger partial charge in [0.15, 0.2) is 5.65 Å². The number of ether oxygens (including phenoxy) is 1. The molecule has 0 bridgehead atoms. The summed E-state index contributed by atoms with van der Waals surface area (Å²) in [5.74, 6) is -3.39. The molecule has 0 aliphatic carbocycles. The van der Waals surface area contributed by atoms with Crippen molar-refractivity contribution in [3.8, 4) is 0 Å². The Labute approximate surface area is 249 Å². The Balaban J connectivity index is 1.44. The molecule has 0 spiro atoms. The lowest BCUT2D eigenvalue weighted by molar-refractivity contribution is -0.208. The third kappa shape index (κ3) is 6.54. The summed E-state index contributed by atoms with van der Waals surface area (Å²) in [7, 11) is 0. The molecule has 0 saturated carbocycles. The number of benzene rings is 1. The molecule has 10 nitrogen and oxygen atoms in total. The van der Waals surface area contributed by atoms with Crippen molar-refractivity contribution in [1.29, 1.82) is 0 Å². The number of hydrogen-bond acceptors (Lipinski definition) is 8. The average molecular weight is 627 g/mol. The second kappa shape index (κ2) is 12.2. The van der Waals surface area contributed by atoms with E-state index in [1.807, 2.05) is 4.90 Å². The number of fused-ring (bicyclic) bond motifs is 1. The van der Waals surface area contributed by atoms with Crippen molar-refractivity contribution < 1.29 is 37.0 Å². The van der Waals surface area contributed by atoms with E-state index in [-0.39, 0.29) is 24.0 Å². The second-order valence-corrected chi connectivity index (χ2v) is 11.4. The highest BCUT2D eigenvalue weighted by Gasteiger charge is 2.47. The minimum absolute atomic E-state index is 0.0614. The summed E-state index contributed by atoms with van der Waals surface area (Å²) in [6, 6.07) is 3.11. The predicted molar refractivity (Wildman–Crippen MR) is 148 cm³/mol. The number of carboxylic acids is 1. The van der Waals surface area contributed by atoms with Crippen molar-refractivity contribution in [2.24, 2.45) is 0 Å². The molecular formula is C28H31ClF4N6O4. The lowest BCUT2D eigenvalue weighted by Crippen LogP contribution is -2.57. The van der Waals surface area contributed by atoms with Crippen molar-refractivity contribution >= 4 is 40.5 Å². The van der Waals surface area contributed by atoms with Crippen molar-refractivity contribution in [2.75, 3.05) is 24.5 Å². The molecule has 2 aliphatic rings. The number of aromatic nitrogens is 4. The average Bonchev–Trinajstić information content (AvgIpc) is 3.55. The maximum atomic E-state index is 14.8. The number of nitrogens with zero attached hydrogens (tertiary/aromatic N) is 6. The van der Waals surface area contributed by atoms with E-state index >= 15 is 0 Å². The molecule has 2 aliphatic heterocycles. The van der Waals surface area contributed by atoms with Crippen LogP contribution in [0.25, 0.3) is 11.2 Å². The van der Waals surface area contributed by atoms with Crippen molar-refractivity contribution in [3.05, 3.63) is 46.5 Å². The number of hydrogen-bond donors (Lipinski definition) is 1. The summed E-state index contributed by atoms with van der Waals surface area (Å²) in [6.45, 7) is 4.36. The first kappa shape index (κ1) is 30.9. The fourth-order valence-corrected chi connectivity index (χ4v) is 6.30. The molecule has 43 heavy (non-hydrogen) atoms. The molecule has 2 fully saturated rings. The quantitative estimate of drug-likeness (QED) is 0.275. The molecule has 15 heteroatoms. The monoisotopic (exact) mass is 626 g/mol. The number of carboxylic acid groups (broad SMARTS) is 1. The molecule has 0 unspecified atom stereocenters. The third-order valence-electron chi connectivity index (χ3n) is 8.22. The molecule has 2 saturated heterocycles. The molecule has 1 N–H and O–H groups in total. The minimum Gasteiger partial charge on any atom is -0.481 e. The normalized spacial score (nSPS) is 22.2. The van der Waals surface area contributed by atoms with Gasteiger partial charge in [0, 0.05) is 29.6 Å². The van der Waals surface area contributed by atoms with Gasteiger partial charge in [-0.1, -0.05) is 17.7 Å². The molecule has 2 aromatic heterocycles. The van der Waals surface area contributed by atoms with Crippen LogP contribution in [-0.4, -0.2) is 85.7 Å². The summed E-state index contributed by atoms with van der Waals surface area (Å²) in [4.78, 5) is 36.1. The lowest BCUT2D eigenvalue weighted by atomic mass is 9.97. The third-order valence-corrected chi connectivity index (χ3v) is 8.45. The van der Waals surface area contributed by atoms with Gasteiger partial charge in [-0.2, -0.15) is 18.3 Å². The zero-order valence-corrected chi connectivity index (χ0v) is 24.3. The van der Waals surface area contributed by atoms with E-state index < -0.39 is 42.1 Å². The van der Waals surface area contributed by atoms with Gasteiger partial charge in [0.25, 0.3) is 0 Å². The minimum atomic E-state index is -5.17. The number of aryl methyl sites for hydroxylation is 1. The summed E-state index contributed by atoms with van der Waals surface area (Å²) in [5.41, 5.74) is 1.74. The van der Waals surface area contributed by atoms with Gasteiger partial charge in [-0.15, -0.1) is 0 Å². The van der Waals surface area contributed by atoms with Gasteiger partial charge in [-0.3, -0.25) is 9.69 Å². The predicted octanol–water partition coefficient (Wildman–Crippen LogP) is 4.92. The molecule has 5 rings (SSSR count). The Morgan fingerprint density at radius 3 is 2.70 bits per heavy atom. The van der Waals surface area contributed by atoms with Crippen LogP contribution in [0.2, 0.25) is 5.02 Å². The van der Waals surface area contributed by atoms with Crippen LogP contribution in [0.4, 0.5) is 23.4 Å². The molecule has 4 atom stereocenters. The number of piperidine rings is 1. The van der Waals surface area contributed by atoms with E-state index in [1.165, 1.54) is 12.3 Å². The summed E-state index contributed by atoms with van der Waals surface area (Å²) >= 11 is 5.92. The molecule has 0 radical (unpaired) electrons. The summed E-state index contributed by atoms with van der Waals surface area (Å²) in [6.07, 6.45) is -2.71. The fourth-order valence-electron chi connectivity index (χ4n) is 6.14. The van der Waals surface area contributed by atoms with Crippen LogP contribution in [0, 0.1) is 12.7 Å². The molecule has 3 aromatic rings. The highest BCUT2D eigenvalue weighted by atomic mass is 35.5. The number of carbonyl (C=O) groups is 2. The maximum Gasteiger partial charge on any atom is 0.490 e. The molecule has 232 valence electrons. The van der Waals surface area contributed by atoms with E-state index in [9.17, 15) is 27.2 Å². The van der Waals surface area contributed by atoms with Crippen LogP contribution in [0.1, 0.15) is 56.3 Å². The van der Waals surface area contributed by atoms with Gasteiger partial charge in [-0.05, 0) is 58.2 Å². The highest BCUT2D eigenvalue weighted by Crippen LogP contribution is 2.33. The smallest absolute Gasteiger partial charge is 0.481 e. The van der Waals surface area contributed by atoms with E-state index in [0.29, 0.717) is 60.6 Å². The van der Waals surface area contributed by atoms with Crippen molar-refractivity contribution in [2.45, 2.75) is 76.4 Å². The number of halogens is 5. The lowest BCUT2D eigenvalue weighted by Gasteiger charge is -2.44. The zero-order chi connectivity index (χ0) is 31.1. The van der Waals surface area contributed by atoms with Crippen LogP contribution in [0.5, 0.6) is 0 Å². The first-order chi connectivity index (χ1) is 20.3. The van der Waals surface area contributed by atoms with Gasteiger partial charge in [0.05, 0.1) is 30.5 Å². The van der Waals surface area contributed by atoms with Crippen LogP contribution >= 0.6 is 11.6 Å². The van der Waals surface area contributed by atoms with E-state index in [4.69, 9.17) is 26.4 Å². The molecule has 0 amide bonds. The first-order valence-corrected chi connectivity index (χ1v) is 14.4. The standard InChI is InChI=1S/C28H31ClF4N6O4/c1-15-25-26(39(36-15)16(2)19-7-5-17(29)12-20(19)30)35-23(13-34-25)37-11-9-21(22(14-37)43-27(42)28(31,32)33)38-10-3-4-18(38)6-8-24(40)41/h5,7,12-13,16,18,21-22H,3-4,6,8-11,14H2,1-2H3,(H,40,41)/t16-,18+,21+,22-/m1/s1. The molecular weight excluding hydrogens is 596 g/mol. The Morgan fingerprint density at radius 2 is 2.00 bits per heavy atom. The zero-order valence-electron chi connectivity index (χ0n) is 23.5. The Morgan fingerprint density at radius 1 is 1.23 bits per heavy atom. The van der Waals surface area contributed by atoms with E-state index in [0.717, 1.165) is 6.42 Å². The Bertz CT molecular complexity index is 1520. The number of anilines is 1. The van der Waals surface area contributed by atoms with Gasteiger partial charge in [0.2, 0.25) is 0 Å². The molecule has 1 aromatic carbocycles. The SMILES string of the molecule is Cc1nn([C@H](C)c2ccc(Cl)cc2F)c2nc(N3CC[C@H](N4CCC[C@H]4CCC(=O)O)[C@H](OC(=O)C(F)(F)F)C3)cnc12. The number of rotatable bonds is 8. The largest absolute Gasteiger partial charge is 0.490 e. The number of esters is 1. The van der Waals surface area contributed by atoms with Gasteiger partial charge in [-0.25, -0.2) is 23.8 Å². The van der Waals surface area contributed by atoms with Crippen LogP contribution in [0.3, 0.4) is 0 Å². The van der Waals surface area contributed by atoms with Crippen LogP contribution in [0.15, 0.2) is 24.4 Å². The van der Waals surface area contributed by atoms with E-state index in [2.05, 4.69) is 10.1 Å². The van der Waals surface area contributed by atoms with Crippen LogP contribution in [-0.2, 0) is 14.3 Å². The molecule has 4 heterocycles. The fraction of sp³-hybridized carbons (Fsp3) is 0.536. The van der Waals surface area contributed by atoms with Gasteiger partial charge >= 0.3 is 18.1 Å². The number of aliphatic carboxylic acids is 1. The Kier molecular flexibility index (Phi) is 8.80. The van der Waals surface area contributed by atoms with Crippen molar-refractivity contribution in [3.63, 3.8) is 0 Å². The van der Waals surface area contributed by atoms with Crippen LogP contribution < -0.4 is 4.90 Å². The Hall–Kier alpha value is -3.52. The number of alkyl halides is 3. The van der Waals surface area contributed by atoms with E-state index in [1.54, 1.807) is 35.6 Å². The number of likely N-dealkylation sites (tertiary alicyclic amines) is 1. The summed E-state index contributed by atoms with van der Waals surface area (Å²) in [5, 5.41) is 13.9. The van der Waals surface area contributed by atoms with Gasteiger partial charge in [0.1, 0.15) is 23.3 Å². The second-order valence-electron chi connectivity index (χ2n) is 11.0. The highest BCUT2D eigenvalue weighted by molar-refractivity contribution is 6.30. The van der Waals surface area contributed by atoms with Gasteiger partial charge < -0.3 is 14.7 Å². The first-order valence-electron chi connectivity index (χ1n) is 14.0. The topological polar surface area (TPSA) is 114 Å². The summed E-state index contributed by atoms with van der Waals surface area (Å²) < 4.78 is 61.2. The van der Waals surface area contributed by atoms with Crippen molar-refractivity contribution in [1.82, 2.24) is 24.6 Å².